The van der Waals surface area contributed by atoms with E-state index in [1.807, 2.05) is 0 Å². The van der Waals surface area contributed by atoms with Crippen molar-refractivity contribution in [2.45, 2.75) is 42.4 Å². The highest BCUT2D eigenvalue weighted by Crippen LogP contribution is 2.35. The summed E-state index contributed by atoms with van der Waals surface area (Å²) in [5, 5.41) is 0. The van der Waals surface area contributed by atoms with Gasteiger partial charge in [-0.25, -0.2) is 13.1 Å². The van der Waals surface area contributed by atoms with Crippen molar-refractivity contribution in [2.24, 2.45) is 0 Å². The predicted molar refractivity (Wildman–Crippen MR) is 70.8 cm³/mol. The summed E-state index contributed by atoms with van der Waals surface area (Å²) >= 11 is 3.29. The maximum absolute atomic E-state index is 12.2. The molecule has 2 bridgehead atoms. The Bertz CT molecular complexity index is 543. The summed E-state index contributed by atoms with van der Waals surface area (Å²) in [4.78, 5) is 0.300. The van der Waals surface area contributed by atoms with E-state index in [0.29, 0.717) is 4.90 Å². The molecule has 2 aliphatic rings. The zero-order valence-electron chi connectivity index (χ0n) is 9.67. The lowest BCUT2D eigenvalue weighted by Crippen LogP contribution is -2.41. The van der Waals surface area contributed by atoms with Crippen molar-refractivity contribution in [1.29, 1.82) is 0 Å². The monoisotopic (exact) mass is 331 g/mol. The fraction of sp³-hybridized carbons (Fsp3) is 0.500. The first kappa shape index (κ1) is 12.6. The number of halogens is 1. The van der Waals surface area contributed by atoms with Crippen LogP contribution in [-0.2, 0) is 14.8 Å². The zero-order chi connectivity index (χ0) is 12.8. The SMILES string of the molecule is O=S(=O)(NC1CC2CCC1O2)c1ccc(Br)cc1. The van der Waals surface area contributed by atoms with Crippen LogP contribution in [0.4, 0.5) is 0 Å². The first-order valence-corrected chi connectivity index (χ1v) is 8.25. The number of ether oxygens (including phenoxy) is 1. The summed E-state index contributed by atoms with van der Waals surface area (Å²) in [6, 6.07) is 6.58. The van der Waals surface area contributed by atoms with Gasteiger partial charge in [0.1, 0.15) is 0 Å². The van der Waals surface area contributed by atoms with Gasteiger partial charge in [0.25, 0.3) is 0 Å². The molecule has 4 nitrogen and oxygen atoms in total. The average molecular weight is 332 g/mol. The number of benzene rings is 1. The van der Waals surface area contributed by atoms with Crippen molar-refractivity contribution in [3.05, 3.63) is 28.7 Å². The molecule has 1 aromatic carbocycles. The molecule has 3 unspecified atom stereocenters. The number of hydrogen-bond acceptors (Lipinski definition) is 3. The molecular formula is C12H14BrNO3S. The molecule has 18 heavy (non-hydrogen) atoms. The Hall–Kier alpha value is -0.430. The number of rotatable bonds is 3. The largest absolute Gasteiger partial charge is 0.373 e. The Morgan fingerprint density at radius 2 is 1.94 bits per heavy atom. The molecule has 2 saturated heterocycles. The molecule has 0 radical (unpaired) electrons. The lowest BCUT2D eigenvalue weighted by molar-refractivity contribution is 0.0996. The van der Waals surface area contributed by atoms with Crippen LogP contribution in [0.5, 0.6) is 0 Å². The van der Waals surface area contributed by atoms with E-state index in [4.69, 9.17) is 4.74 Å². The van der Waals surface area contributed by atoms with Crippen LogP contribution in [0, 0.1) is 0 Å². The first-order chi connectivity index (χ1) is 8.54. The summed E-state index contributed by atoms with van der Waals surface area (Å²) in [6.07, 6.45) is 3.10. The zero-order valence-corrected chi connectivity index (χ0v) is 12.1. The normalized spacial score (nSPS) is 30.8. The van der Waals surface area contributed by atoms with E-state index in [1.165, 1.54) is 0 Å². The summed E-state index contributed by atoms with van der Waals surface area (Å²) in [5.74, 6) is 0. The second-order valence-electron chi connectivity index (χ2n) is 4.79. The molecule has 3 atom stereocenters. The summed E-state index contributed by atoms with van der Waals surface area (Å²) < 4.78 is 33.7. The van der Waals surface area contributed by atoms with Crippen molar-refractivity contribution in [1.82, 2.24) is 4.72 Å². The second-order valence-corrected chi connectivity index (χ2v) is 7.42. The smallest absolute Gasteiger partial charge is 0.240 e. The standard InChI is InChI=1S/C12H14BrNO3S/c13-8-1-4-10(5-2-8)18(15,16)14-11-7-9-3-6-12(11)17-9/h1-2,4-5,9,11-12,14H,3,6-7H2. The third kappa shape index (κ3) is 2.34. The first-order valence-electron chi connectivity index (χ1n) is 5.98. The van der Waals surface area contributed by atoms with E-state index in [0.717, 1.165) is 23.7 Å². The van der Waals surface area contributed by atoms with Crippen molar-refractivity contribution in [3.63, 3.8) is 0 Å². The fourth-order valence-corrected chi connectivity index (χ4v) is 4.18. The summed E-state index contributed by atoms with van der Waals surface area (Å²) in [5.41, 5.74) is 0. The van der Waals surface area contributed by atoms with Gasteiger partial charge in [0.05, 0.1) is 23.1 Å². The second kappa shape index (κ2) is 4.59. The van der Waals surface area contributed by atoms with Gasteiger partial charge in [0, 0.05) is 4.47 Å². The quantitative estimate of drug-likeness (QED) is 0.922. The molecule has 1 N–H and O–H groups in total. The highest BCUT2D eigenvalue weighted by molar-refractivity contribution is 9.10. The van der Waals surface area contributed by atoms with E-state index < -0.39 is 10.0 Å². The van der Waals surface area contributed by atoms with Crippen molar-refractivity contribution in [2.75, 3.05) is 0 Å². The van der Waals surface area contributed by atoms with Gasteiger partial charge < -0.3 is 4.74 Å². The molecule has 3 rings (SSSR count). The van der Waals surface area contributed by atoms with Gasteiger partial charge in [-0.3, -0.25) is 0 Å². The van der Waals surface area contributed by atoms with E-state index in [-0.39, 0.29) is 18.2 Å². The lowest BCUT2D eigenvalue weighted by atomic mass is 9.96. The van der Waals surface area contributed by atoms with Crippen LogP contribution < -0.4 is 4.72 Å². The van der Waals surface area contributed by atoms with E-state index in [1.54, 1.807) is 24.3 Å². The third-order valence-corrected chi connectivity index (χ3v) is 5.57. The summed E-state index contributed by atoms with van der Waals surface area (Å²) in [6.45, 7) is 0. The maximum atomic E-state index is 12.2. The highest BCUT2D eigenvalue weighted by atomic mass is 79.9. The van der Waals surface area contributed by atoms with Gasteiger partial charge >= 0.3 is 0 Å². The molecular weight excluding hydrogens is 318 g/mol. The minimum Gasteiger partial charge on any atom is -0.373 e. The Labute approximate surface area is 115 Å². The highest BCUT2D eigenvalue weighted by Gasteiger charge is 2.42. The van der Waals surface area contributed by atoms with Crippen molar-refractivity contribution >= 4 is 26.0 Å². The lowest BCUT2D eigenvalue weighted by Gasteiger charge is -2.19. The molecule has 0 aromatic heterocycles. The van der Waals surface area contributed by atoms with Crippen LogP contribution in [0.2, 0.25) is 0 Å². The van der Waals surface area contributed by atoms with Crippen LogP contribution in [-0.4, -0.2) is 26.7 Å². The molecule has 98 valence electrons. The fourth-order valence-electron chi connectivity index (χ4n) is 2.64. The van der Waals surface area contributed by atoms with E-state index in [2.05, 4.69) is 20.7 Å². The molecule has 0 amide bonds. The molecule has 2 heterocycles. The molecule has 2 fully saturated rings. The van der Waals surface area contributed by atoms with Gasteiger partial charge in [0.15, 0.2) is 0 Å². The maximum Gasteiger partial charge on any atom is 0.240 e. The summed E-state index contributed by atoms with van der Waals surface area (Å²) in [7, 11) is -3.43. The van der Waals surface area contributed by atoms with Crippen LogP contribution in [0.1, 0.15) is 19.3 Å². The van der Waals surface area contributed by atoms with Gasteiger partial charge in [-0.05, 0) is 43.5 Å². The van der Waals surface area contributed by atoms with Crippen LogP contribution >= 0.6 is 15.9 Å². The number of hydrogen-bond donors (Lipinski definition) is 1. The van der Waals surface area contributed by atoms with Gasteiger partial charge in [-0.2, -0.15) is 0 Å². The Balaban J connectivity index is 1.77. The van der Waals surface area contributed by atoms with E-state index in [9.17, 15) is 8.42 Å². The number of nitrogens with one attached hydrogen (secondary N) is 1. The van der Waals surface area contributed by atoms with Crippen LogP contribution in [0.3, 0.4) is 0 Å². The number of fused-ring (bicyclic) bond motifs is 2. The van der Waals surface area contributed by atoms with E-state index >= 15 is 0 Å². The average Bonchev–Trinajstić information content (AvgIpc) is 2.91. The Morgan fingerprint density at radius 3 is 2.50 bits per heavy atom. The molecule has 6 heteroatoms. The van der Waals surface area contributed by atoms with Crippen molar-refractivity contribution < 1.29 is 13.2 Å². The molecule has 0 saturated carbocycles. The molecule has 0 spiro atoms. The van der Waals surface area contributed by atoms with Crippen molar-refractivity contribution in [3.8, 4) is 0 Å². The van der Waals surface area contributed by atoms with Gasteiger partial charge in [-0.15, -0.1) is 0 Å². The third-order valence-electron chi connectivity index (χ3n) is 3.54. The Kier molecular flexibility index (Phi) is 3.21. The number of sulfonamides is 1. The van der Waals surface area contributed by atoms with Gasteiger partial charge in [0.2, 0.25) is 10.0 Å². The van der Waals surface area contributed by atoms with Gasteiger partial charge in [-0.1, -0.05) is 15.9 Å². The molecule has 2 aliphatic heterocycles. The van der Waals surface area contributed by atoms with Crippen LogP contribution in [0.25, 0.3) is 0 Å². The molecule has 1 aromatic rings. The Morgan fingerprint density at radius 1 is 1.22 bits per heavy atom. The van der Waals surface area contributed by atoms with Crippen LogP contribution in [0.15, 0.2) is 33.6 Å². The minimum atomic E-state index is -3.43. The minimum absolute atomic E-state index is 0.0558. The predicted octanol–water partition coefficient (Wildman–Crippen LogP) is 2.05. The molecule has 0 aliphatic carbocycles. The topological polar surface area (TPSA) is 55.4 Å².